The van der Waals surface area contributed by atoms with Gasteiger partial charge in [0, 0.05) is 5.69 Å². The van der Waals surface area contributed by atoms with Gasteiger partial charge in [-0.2, -0.15) is 0 Å². The lowest BCUT2D eigenvalue weighted by atomic mass is 10.1. The van der Waals surface area contributed by atoms with Gasteiger partial charge < -0.3 is 15.8 Å². The van der Waals surface area contributed by atoms with E-state index < -0.39 is 11.9 Å². The lowest BCUT2D eigenvalue weighted by Gasteiger charge is -2.10. The molecule has 0 bridgehead atoms. The molecule has 0 saturated carbocycles. The molecule has 0 heterocycles. The van der Waals surface area contributed by atoms with Crippen molar-refractivity contribution in [2.45, 2.75) is 0 Å². The highest BCUT2D eigenvalue weighted by molar-refractivity contribution is 6.34. The van der Waals surface area contributed by atoms with Gasteiger partial charge in [-0.05, 0) is 30.3 Å². The Morgan fingerprint density at radius 3 is 2.57 bits per heavy atom. The van der Waals surface area contributed by atoms with Crippen LogP contribution in [0.5, 0.6) is 0 Å². The molecular weight excluding hydrogens is 292 g/mol. The van der Waals surface area contributed by atoms with Crippen LogP contribution in [-0.2, 0) is 4.74 Å². The van der Waals surface area contributed by atoms with Crippen LogP contribution in [0.1, 0.15) is 20.7 Å². The quantitative estimate of drug-likeness (QED) is 0.674. The molecule has 2 aromatic rings. The van der Waals surface area contributed by atoms with E-state index in [0.717, 1.165) is 0 Å². The van der Waals surface area contributed by atoms with Gasteiger partial charge >= 0.3 is 5.97 Å². The van der Waals surface area contributed by atoms with E-state index in [2.05, 4.69) is 10.1 Å². The standard InChI is InChI=1S/C15H13ClN2O3/c1-21-15(20)10-4-2-3-5-13(10)18-14(19)11-8-9(17)6-7-12(11)16/h2-8H,17H2,1H3,(H,18,19). The third-order valence-corrected chi connectivity index (χ3v) is 3.15. The second kappa shape index (κ2) is 6.28. The van der Waals surface area contributed by atoms with Crippen molar-refractivity contribution in [3.05, 3.63) is 58.6 Å². The number of amides is 1. The lowest BCUT2D eigenvalue weighted by Crippen LogP contribution is -2.16. The molecule has 2 aromatic carbocycles. The molecule has 108 valence electrons. The molecule has 6 heteroatoms. The number of methoxy groups -OCH3 is 1. The highest BCUT2D eigenvalue weighted by Crippen LogP contribution is 2.22. The van der Waals surface area contributed by atoms with E-state index in [4.69, 9.17) is 17.3 Å². The van der Waals surface area contributed by atoms with Gasteiger partial charge in [0.2, 0.25) is 0 Å². The number of carbonyl (C=O) groups excluding carboxylic acids is 2. The third-order valence-electron chi connectivity index (χ3n) is 2.82. The Kier molecular flexibility index (Phi) is 4.45. The first-order chi connectivity index (χ1) is 10.0. The van der Waals surface area contributed by atoms with Gasteiger partial charge in [0.1, 0.15) is 0 Å². The Morgan fingerprint density at radius 2 is 1.86 bits per heavy atom. The van der Waals surface area contributed by atoms with Gasteiger partial charge in [-0.1, -0.05) is 23.7 Å². The second-order valence-corrected chi connectivity index (χ2v) is 4.64. The molecule has 0 aromatic heterocycles. The van der Waals surface area contributed by atoms with E-state index in [1.54, 1.807) is 30.3 Å². The van der Waals surface area contributed by atoms with Crippen LogP contribution in [0.4, 0.5) is 11.4 Å². The number of carbonyl (C=O) groups is 2. The number of ether oxygens (including phenoxy) is 1. The van der Waals surface area contributed by atoms with E-state index in [0.29, 0.717) is 11.4 Å². The summed E-state index contributed by atoms with van der Waals surface area (Å²) in [5.74, 6) is -0.992. The summed E-state index contributed by atoms with van der Waals surface area (Å²) in [6, 6.07) is 11.1. The van der Waals surface area contributed by atoms with Crippen LogP contribution in [-0.4, -0.2) is 19.0 Å². The molecule has 0 aliphatic rings. The van der Waals surface area contributed by atoms with Crippen LogP contribution in [0.15, 0.2) is 42.5 Å². The molecule has 1 amide bonds. The summed E-state index contributed by atoms with van der Waals surface area (Å²) >= 11 is 5.98. The van der Waals surface area contributed by atoms with Gasteiger partial charge in [-0.15, -0.1) is 0 Å². The van der Waals surface area contributed by atoms with Crippen LogP contribution in [0.3, 0.4) is 0 Å². The Bertz CT molecular complexity index is 701. The number of anilines is 2. The summed E-state index contributed by atoms with van der Waals surface area (Å²) in [7, 11) is 1.27. The number of hydrogen-bond donors (Lipinski definition) is 2. The summed E-state index contributed by atoms with van der Waals surface area (Å²) < 4.78 is 4.67. The number of esters is 1. The SMILES string of the molecule is COC(=O)c1ccccc1NC(=O)c1cc(N)ccc1Cl. The maximum absolute atomic E-state index is 12.2. The monoisotopic (exact) mass is 304 g/mol. The fraction of sp³-hybridized carbons (Fsp3) is 0.0667. The first kappa shape index (κ1) is 14.9. The van der Waals surface area contributed by atoms with Gasteiger partial charge in [0.05, 0.1) is 28.9 Å². The molecule has 0 atom stereocenters. The zero-order valence-electron chi connectivity index (χ0n) is 11.2. The number of halogens is 1. The Balaban J connectivity index is 2.32. The number of nitrogen functional groups attached to an aromatic ring is 1. The van der Waals surface area contributed by atoms with E-state index in [1.807, 2.05) is 0 Å². The van der Waals surface area contributed by atoms with Crippen LogP contribution >= 0.6 is 11.6 Å². The van der Waals surface area contributed by atoms with Gasteiger partial charge in [-0.25, -0.2) is 4.79 Å². The summed E-state index contributed by atoms with van der Waals surface area (Å²) in [6.07, 6.45) is 0. The molecule has 0 fully saturated rings. The van der Waals surface area contributed by atoms with Crippen molar-refractivity contribution in [2.24, 2.45) is 0 Å². The molecule has 0 aliphatic carbocycles. The zero-order valence-corrected chi connectivity index (χ0v) is 12.0. The summed E-state index contributed by atoms with van der Waals surface area (Å²) in [4.78, 5) is 23.9. The molecule has 21 heavy (non-hydrogen) atoms. The number of nitrogens with two attached hydrogens (primary N) is 1. The van der Waals surface area contributed by atoms with Crippen LogP contribution in [0.25, 0.3) is 0 Å². The highest BCUT2D eigenvalue weighted by Gasteiger charge is 2.16. The Hall–Kier alpha value is -2.53. The minimum atomic E-state index is -0.537. The summed E-state index contributed by atoms with van der Waals surface area (Å²) in [5.41, 5.74) is 6.90. The van der Waals surface area contributed by atoms with Gasteiger partial charge in [0.25, 0.3) is 5.91 Å². The van der Waals surface area contributed by atoms with E-state index in [-0.39, 0.29) is 16.1 Å². The molecular formula is C15H13ClN2O3. The van der Waals surface area contributed by atoms with Crippen molar-refractivity contribution < 1.29 is 14.3 Å². The maximum atomic E-state index is 12.2. The zero-order chi connectivity index (χ0) is 15.4. The third kappa shape index (κ3) is 3.32. The first-order valence-corrected chi connectivity index (χ1v) is 6.44. The average molecular weight is 305 g/mol. The fourth-order valence-corrected chi connectivity index (χ4v) is 1.99. The molecule has 5 nitrogen and oxygen atoms in total. The summed E-state index contributed by atoms with van der Waals surface area (Å²) in [5, 5.41) is 2.91. The van der Waals surface area contributed by atoms with E-state index >= 15 is 0 Å². The topological polar surface area (TPSA) is 81.4 Å². The van der Waals surface area contributed by atoms with Crippen molar-refractivity contribution in [3.8, 4) is 0 Å². The molecule has 0 spiro atoms. The Morgan fingerprint density at radius 1 is 1.14 bits per heavy atom. The predicted molar refractivity (Wildman–Crippen MR) is 81.6 cm³/mol. The van der Waals surface area contributed by atoms with Crippen molar-refractivity contribution in [1.29, 1.82) is 0 Å². The maximum Gasteiger partial charge on any atom is 0.339 e. The molecule has 0 unspecified atom stereocenters. The molecule has 0 aliphatic heterocycles. The van der Waals surface area contributed by atoms with Crippen LogP contribution in [0.2, 0.25) is 5.02 Å². The number of para-hydroxylation sites is 1. The second-order valence-electron chi connectivity index (χ2n) is 4.23. The van der Waals surface area contributed by atoms with E-state index in [9.17, 15) is 9.59 Å². The largest absolute Gasteiger partial charge is 0.465 e. The minimum Gasteiger partial charge on any atom is -0.465 e. The smallest absolute Gasteiger partial charge is 0.339 e. The number of nitrogens with one attached hydrogen (secondary N) is 1. The predicted octanol–water partition coefficient (Wildman–Crippen LogP) is 2.96. The molecule has 0 radical (unpaired) electrons. The van der Waals surface area contributed by atoms with Crippen molar-refractivity contribution in [3.63, 3.8) is 0 Å². The van der Waals surface area contributed by atoms with Crippen LogP contribution < -0.4 is 11.1 Å². The van der Waals surface area contributed by atoms with E-state index in [1.165, 1.54) is 19.2 Å². The minimum absolute atomic E-state index is 0.233. The highest BCUT2D eigenvalue weighted by atomic mass is 35.5. The van der Waals surface area contributed by atoms with Crippen molar-refractivity contribution in [2.75, 3.05) is 18.2 Å². The Labute approximate surface area is 126 Å². The molecule has 3 N–H and O–H groups in total. The van der Waals surface area contributed by atoms with Crippen LogP contribution in [0, 0.1) is 0 Å². The van der Waals surface area contributed by atoms with Gasteiger partial charge in [-0.3, -0.25) is 4.79 Å². The normalized spacial score (nSPS) is 10.0. The molecule has 0 saturated heterocycles. The summed E-state index contributed by atoms with van der Waals surface area (Å²) in [6.45, 7) is 0. The first-order valence-electron chi connectivity index (χ1n) is 6.06. The van der Waals surface area contributed by atoms with Crippen molar-refractivity contribution in [1.82, 2.24) is 0 Å². The lowest BCUT2D eigenvalue weighted by molar-refractivity contribution is 0.0602. The number of benzene rings is 2. The number of rotatable bonds is 3. The average Bonchev–Trinajstić information content (AvgIpc) is 2.49. The van der Waals surface area contributed by atoms with Crippen molar-refractivity contribution >= 4 is 34.9 Å². The number of hydrogen-bond acceptors (Lipinski definition) is 4. The fourth-order valence-electron chi connectivity index (χ4n) is 1.79. The van der Waals surface area contributed by atoms with Gasteiger partial charge in [0.15, 0.2) is 0 Å². The molecule has 2 rings (SSSR count).